The highest BCUT2D eigenvalue weighted by Gasteiger charge is 2.11. The van der Waals surface area contributed by atoms with Crippen molar-refractivity contribution in [2.45, 2.75) is 32.6 Å². The summed E-state index contributed by atoms with van der Waals surface area (Å²) in [5.41, 5.74) is 1.62. The van der Waals surface area contributed by atoms with Crippen molar-refractivity contribution in [3.8, 4) is 5.75 Å². The average Bonchev–Trinajstić information content (AvgIpc) is 2.63. The number of benzene rings is 1. The summed E-state index contributed by atoms with van der Waals surface area (Å²) in [6, 6.07) is 8.51. The SMILES string of the molecule is CCCCCC(=O)Nc1ccc(NC(=O)c2cccnc2)c(OC)c1. The van der Waals surface area contributed by atoms with Crippen molar-refractivity contribution < 1.29 is 14.3 Å². The molecule has 25 heavy (non-hydrogen) atoms. The summed E-state index contributed by atoms with van der Waals surface area (Å²) in [5.74, 6) is 0.175. The van der Waals surface area contributed by atoms with Crippen LogP contribution in [0.25, 0.3) is 0 Å². The molecule has 0 bridgehead atoms. The maximum Gasteiger partial charge on any atom is 0.257 e. The van der Waals surface area contributed by atoms with Gasteiger partial charge in [-0.3, -0.25) is 14.6 Å². The van der Waals surface area contributed by atoms with Crippen LogP contribution < -0.4 is 15.4 Å². The van der Waals surface area contributed by atoms with Gasteiger partial charge >= 0.3 is 0 Å². The Balaban J connectivity index is 2.03. The highest BCUT2D eigenvalue weighted by molar-refractivity contribution is 6.05. The van der Waals surface area contributed by atoms with Crippen molar-refractivity contribution in [1.82, 2.24) is 4.98 Å². The Bertz CT molecular complexity index is 717. The number of rotatable bonds is 8. The minimum atomic E-state index is -0.275. The van der Waals surface area contributed by atoms with E-state index in [1.165, 1.54) is 13.3 Å². The predicted molar refractivity (Wildman–Crippen MR) is 98.0 cm³/mol. The third-order valence-corrected chi connectivity index (χ3v) is 3.66. The number of anilines is 2. The van der Waals surface area contributed by atoms with Gasteiger partial charge in [0.2, 0.25) is 5.91 Å². The van der Waals surface area contributed by atoms with E-state index in [4.69, 9.17) is 4.74 Å². The van der Waals surface area contributed by atoms with Crippen LogP contribution in [0.4, 0.5) is 11.4 Å². The standard InChI is InChI=1S/C19H23N3O3/c1-3-4-5-8-18(23)21-15-9-10-16(17(12-15)25-2)22-19(24)14-7-6-11-20-13-14/h6-7,9-13H,3-5,8H2,1-2H3,(H,21,23)(H,22,24). The molecule has 1 aromatic heterocycles. The summed E-state index contributed by atoms with van der Waals surface area (Å²) < 4.78 is 5.32. The van der Waals surface area contributed by atoms with E-state index in [-0.39, 0.29) is 11.8 Å². The molecule has 0 saturated heterocycles. The van der Waals surface area contributed by atoms with E-state index in [2.05, 4.69) is 22.5 Å². The van der Waals surface area contributed by atoms with Crippen molar-refractivity contribution in [3.63, 3.8) is 0 Å². The number of ether oxygens (including phenoxy) is 1. The molecule has 0 spiro atoms. The fraction of sp³-hybridized carbons (Fsp3) is 0.316. The molecule has 2 amide bonds. The van der Waals surface area contributed by atoms with Gasteiger partial charge in [-0.2, -0.15) is 0 Å². The number of aromatic nitrogens is 1. The van der Waals surface area contributed by atoms with Gasteiger partial charge in [-0.05, 0) is 30.7 Å². The third kappa shape index (κ3) is 5.60. The first kappa shape index (κ1) is 18.4. The molecule has 0 atom stereocenters. The van der Waals surface area contributed by atoms with Crippen LogP contribution in [0.1, 0.15) is 43.0 Å². The minimum Gasteiger partial charge on any atom is -0.494 e. The zero-order valence-electron chi connectivity index (χ0n) is 14.5. The summed E-state index contributed by atoms with van der Waals surface area (Å²) >= 11 is 0. The van der Waals surface area contributed by atoms with Gasteiger partial charge in [-0.15, -0.1) is 0 Å². The van der Waals surface area contributed by atoms with E-state index in [0.717, 1.165) is 19.3 Å². The van der Waals surface area contributed by atoms with E-state index >= 15 is 0 Å². The largest absolute Gasteiger partial charge is 0.494 e. The highest BCUT2D eigenvalue weighted by Crippen LogP contribution is 2.28. The lowest BCUT2D eigenvalue weighted by atomic mass is 10.2. The molecule has 2 N–H and O–H groups in total. The molecule has 132 valence electrons. The van der Waals surface area contributed by atoms with Gasteiger partial charge in [-0.1, -0.05) is 19.8 Å². The monoisotopic (exact) mass is 341 g/mol. The Kier molecular flexibility index (Phi) is 6.95. The first-order valence-corrected chi connectivity index (χ1v) is 8.33. The maximum atomic E-state index is 12.2. The Hall–Kier alpha value is -2.89. The van der Waals surface area contributed by atoms with Gasteiger partial charge in [0.05, 0.1) is 18.4 Å². The quantitative estimate of drug-likeness (QED) is 0.715. The van der Waals surface area contributed by atoms with E-state index < -0.39 is 0 Å². The number of nitrogens with one attached hydrogen (secondary N) is 2. The molecule has 1 heterocycles. The molecule has 0 unspecified atom stereocenters. The fourth-order valence-electron chi connectivity index (χ4n) is 2.32. The van der Waals surface area contributed by atoms with Crippen molar-refractivity contribution in [2.24, 2.45) is 0 Å². The Morgan fingerprint density at radius 3 is 2.68 bits per heavy atom. The molecule has 0 aliphatic heterocycles. The number of carbonyl (C=O) groups excluding carboxylic acids is 2. The molecule has 0 fully saturated rings. The normalized spacial score (nSPS) is 10.2. The van der Waals surface area contributed by atoms with Crippen LogP contribution >= 0.6 is 0 Å². The van der Waals surface area contributed by atoms with Gasteiger partial charge in [0.15, 0.2) is 0 Å². The molecular weight excluding hydrogens is 318 g/mol. The lowest BCUT2D eigenvalue weighted by Crippen LogP contribution is -2.14. The van der Waals surface area contributed by atoms with Gasteiger partial charge in [-0.25, -0.2) is 0 Å². The van der Waals surface area contributed by atoms with Crippen LogP contribution in [0, 0.1) is 0 Å². The van der Waals surface area contributed by atoms with Crippen LogP contribution in [0.15, 0.2) is 42.7 Å². The maximum absolute atomic E-state index is 12.2. The molecule has 0 saturated carbocycles. The zero-order chi connectivity index (χ0) is 18.1. The Morgan fingerprint density at radius 2 is 2.00 bits per heavy atom. The zero-order valence-corrected chi connectivity index (χ0v) is 14.5. The van der Waals surface area contributed by atoms with Gasteiger partial charge in [0.1, 0.15) is 5.75 Å². The van der Waals surface area contributed by atoms with Crippen LogP contribution in [-0.4, -0.2) is 23.9 Å². The number of hydrogen-bond acceptors (Lipinski definition) is 4. The van der Waals surface area contributed by atoms with E-state index in [9.17, 15) is 9.59 Å². The summed E-state index contributed by atoms with van der Waals surface area (Å²) in [4.78, 5) is 28.0. The number of methoxy groups -OCH3 is 1. The first-order chi connectivity index (χ1) is 12.1. The number of pyridine rings is 1. The van der Waals surface area contributed by atoms with Gasteiger partial charge in [0.25, 0.3) is 5.91 Å². The average molecular weight is 341 g/mol. The molecule has 6 nitrogen and oxygen atoms in total. The molecule has 2 rings (SSSR count). The van der Waals surface area contributed by atoms with Gasteiger partial charge < -0.3 is 15.4 Å². The van der Waals surface area contributed by atoms with Crippen molar-refractivity contribution >= 4 is 23.2 Å². The number of nitrogens with zero attached hydrogens (tertiary/aromatic N) is 1. The Labute approximate surface area is 147 Å². The number of carbonyl (C=O) groups is 2. The highest BCUT2D eigenvalue weighted by atomic mass is 16.5. The summed E-state index contributed by atoms with van der Waals surface area (Å²) in [6.07, 6.45) is 6.58. The van der Waals surface area contributed by atoms with Crippen molar-refractivity contribution in [3.05, 3.63) is 48.3 Å². The predicted octanol–water partition coefficient (Wildman–Crippen LogP) is 3.86. The fourth-order valence-corrected chi connectivity index (χ4v) is 2.32. The lowest BCUT2D eigenvalue weighted by Gasteiger charge is -2.12. The van der Waals surface area contributed by atoms with E-state index in [0.29, 0.717) is 29.1 Å². The molecule has 0 radical (unpaired) electrons. The molecule has 0 aliphatic rings. The molecule has 6 heteroatoms. The first-order valence-electron chi connectivity index (χ1n) is 8.33. The number of unbranched alkanes of at least 4 members (excludes halogenated alkanes) is 2. The second-order valence-corrected chi connectivity index (χ2v) is 5.62. The van der Waals surface area contributed by atoms with Crippen LogP contribution in [0.3, 0.4) is 0 Å². The smallest absolute Gasteiger partial charge is 0.257 e. The molecule has 0 aliphatic carbocycles. The van der Waals surface area contributed by atoms with Crippen molar-refractivity contribution in [2.75, 3.05) is 17.7 Å². The van der Waals surface area contributed by atoms with Crippen LogP contribution in [0.5, 0.6) is 5.75 Å². The molecule has 2 aromatic rings. The summed E-state index contributed by atoms with van der Waals surface area (Å²) in [6.45, 7) is 2.10. The second-order valence-electron chi connectivity index (χ2n) is 5.62. The second kappa shape index (κ2) is 9.42. The number of hydrogen-bond donors (Lipinski definition) is 2. The Morgan fingerprint density at radius 1 is 1.16 bits per heavy atom. The van der Waals surface area contributed by atoms with E-state index in [1.807, 2.05) is 0 Å². The van der Waals surface area contributed by atoms with Crippen LogP contribution in [0.2, 0.25) is 0 Å². The third-order valence-electron chi connectivity index (χ3n) is 3.66. The van der Waals surface area contributed by atoms with Crippen molar-refractivity contribution in [1.29, 1.82) is 0 Å². The topological polar surface area (TPSA) is 80.3 Å². The summed E-state index contributed by atoms with van der Waals surface area (Å²) in [7, 11) is 1.52. The van der Waals surface area contributed by atoms with E-state index in [1.54, 1.807) is 36.5 Å². The lowest BCUT2D eigenvalue weighted by molar-refractivity contribution is -0.116. The molecular formula is C19H23N3O3. The summed E-state index contributed by atoms with van der Waals surface area (Å²) in [5, 5.41) is 5.63. The van der Waals surface area contributed by atoms with Crippen LogP contribution in [-0.2, 0) is 4.79 Å². The van der Waals surface area contributed by atoms with Gasteiger partial charge in [0, 0.05) is 30.6 Å². The number of amides is 2. The minimum absolute atomic E-state index is 0.0253. The molecule has 1 aromatic carbocycles.